The molecule has 0 amide bonds. The van der Waals surface area contributed by atoms with Crippen LogP contribution < -0.4 is 0 Å². The number of carboxylic acid groups (broad SMARTS) is 2. The summed E-state index contributed by atoms with van der Waals surface area (Å²) in [4.78, 5) is 8.56. The van der Waals surface area contributed by atoms with Gasteiger partial charge in [-0.1, -0.05) is 0 Å². The molecule has 4 nitrogen and oxygen atoms in total. The highest BCUT2D eigenvalue weighted by Gasteiger charge is 2.47. The van der Waals surface area contributed by atoms with Gasteiger partial charge in [0.2, 0.25) is 12.3 Å². The van der Waals surface area contributed by atoms with Crippen LogP contribution >= 0.6 is 0 Å². The van der Waals surface area contributed by atoms with E-state index >= 15 is 0 Å². The van der Waals surface area contributed by atoms with Crippen LogP contribution in [0.5, 0.6) is 0 Å². The molecule has 15 heavy (non-hydrogen) atoms. The summed E-state index contributed by atoms with van der Waals surface area (Å²) in [6, 6.07) is 0. The summed E-state index contributed by atoms with van der Waals surface area (Å²) in [5.41, 5.74) is 0. The van der Waals surface area contributed by atoms with E-state index in [0.717, 1.165) is 0 Å². The molecule has 0 aromatic heterocycles. The zero-order valence-electron chi connectivity index (χ0n) is 6.75. The minimum Gasteiger partial charge on any atom is -0.450 e. The summed E-state index contributed by atoms with van der Waals surface area (Å²) in [7, 11) is 0. The van der Waals surface area contributed by atoms with E-state index in [1.54, 1.807) is 0 Å². The fraction of sp³-hybridized carbons (Fsp3) is 0.800. The summed E-state index contributed by atoms with van der Waals surface area (Å²) < 4.78 is 68.3. The number of aliphatic hydroxyl groups is 1. The Morgan fingerprint density at radius 1 is 1.07 bits per heavy atom. The Hall–Kier alpha value is -1.19. The molecular weight excluding hydrogens is 238 g/mol. The molecule has 0 rings (SSSR count). The second kappa shape index (κ2) is 6.32. The lowest BCUT2D eigenvalue weighted by atomic mass is 10.2. The molecule has 0 heterocycles. The molecule has 2 unspecified atom stereocenters. The molecule has 0 aliphatic carbocycles. The van der Waals surface area contributed by atoms with Crippen molar-refractivity contribution in [3.8, 4) is 0 Å². The first-order valence-electron chi connectivity index (χ1n) is 3.08. The molecule has 3 N–H and O–H groups in total. The van der Waals surface area contributed by atoms with Crippen molar-refractivity contribution >= 4 is 6.16 Å². The van der Waals surface area contributed by atoms with E-state index in [1.807, 2.05) is 0 Å². The molecule has 0 aromatic carbocycles. The Balaban J connectivity index is 0. The van der Waals surface area contributed by atoms with Crippen LogP contribution in [0.2, 0.25) is 0 Å². The molecule has 2 atom stereocenters. The van der Waals surface area contributed by atoms with Crippen LogP contribution in [0.15, 0.2) is 0 Å². The first-order valence-corrected chi connectivity index (χ1v) is 3.08. The minimum atomic E-state index is -5.06. The largest absolute Gasteiger partial charge is 0.503 e. The third kappa shape index (κ3) is 9.12. The van der Waals surface area contributed by atoms with Gasteiger partial charge in [0.05, 0.1) is 0 Å². The van der Waals surface area contributed by atoms with Gasteiger partial charge in [-0.25, -0.2) is 22.4 Å². The summed E-state index contributed by atoms with van der Waals surface area (Å²) >= 11 is 0. The smallest absolute Gasteiger partial charge is 0.450 e. The van der Waals surface area contributed by atoms with Crippen LogP contribution in [0.25, 0.3) is 0 Å². The van der Waals surface area contributed by atoms with E-state index in [1.165, 1.54) is 0 Å². The molecule has 0 aromatic rings. The first-order chi connectivity index (χ1) is 6.50. The topological polar surface area (TPSA) is 77.8 Å². The number of alkyl halides is 6. The Bertz CT molecular complexity index is 188. The van der Waals surface area contributed by atoms with Crippen molar-refractivity contribution in [2.24, 2.45) is 0 Å². The van der Waals surface area contributed by atoms with Crippen molar-refractivity contribution in [3.63, 3.8) is 0 Å². The lowest BCUT2D eigenvalue weighted by molar-refractivity contribution is -0.260. The predicted octanol–water partition coefficient (Wildman–Crippen LogP) is 1.74. The van der Waals surface area contributed by atoms with Gasteiger partial charge in [-0.15, -0.1) is 0 Å². The summed E-state index contributed by atoms with van der Waals surface area (Å²) in [6.07, 6.45) is -18.3. The van der Waals surface area contributed by atoms with Crippen molar-refractivity contribution < 1.29 is 46.5 Å². The molecule has 0 spiro atoms. The molecular formula is C5H6F6O4. The van der Waals surface area contributed by atoms with Crippen molar-refractivity contribution in [1.82, 2.24) is 0 Å². The fourth-order valence-corrected chi connectivity index (χ4v) is 0.319. The fourth-order valence-electron chi connectivity index (χ4n) is 0.319. The third-order valence-electron chi connectivity index (χ3n) is 0.852. The predicted molar refractivity (Wildman–Crippen MR) is 33.6 cm³/mol. The number of halogens is 6. The Morgan fingerprint density at radius 3 is 1.40 bits per heavy atom. The van der Waals surface area contributed by atoms with Crippen LogP contribution in [-0.2, 0) is 0 Å². The third-order valence-corrected chi connectivity index (χ3v) is 0.852. The average molecular weight is 244 g/mol. The van der Waals surface area contributed by atoms with E-state index in [9.17, 15) is 26.3 Å². The van der Waals surface area contributed by atoms with E-state index in [0.29, 0.717) is 0 Å². The number of carbonyl (C=O) groups is 1. The molecule has 0 saturated carbocycles. The first kappa shape index (κ1) is 16.2. The van der Waals surface area contributed by atoms with Gasteiger partial charge in [-0.3, -0.25) is 0 Å². The molecule has 92 valence electrons. The van der Waals surface area contributed by atoms with Crippen molar-refractivity contribution in [1.29, 1.82) is 0 Å². The maximum atomic E-state index is 11.7. The molecule has 10 heteroatoms. The van der Waals surface area contributed by atoms with E-state index in [-0.39, 0.29) is 0 Å². The van der Waals surface area contributed by atoms with Gasteiger partial charge in [0.15, 0.2) is 0 Å². The molecule has 0 bridgehead atoms. The monoisotopic (exact) mass is 244 g/mol. The highest BCUT2D eigenvalue weighted by atomic mass is 19.3. The Labute approximate surface area is 78.7 Å². The molecule has 0 aliphatic heterocycles. The van der Waals surface area contributed by atoms with Gasteiger partial charge >= 0.3 is 12.3 Å². The maximum Gasteiger partial charge on any atom is 0.503 e. The van der Waals surface area contributed by atoms with Gasteiger partial charge in [-0.05, 0) is 0 Å². The van der Waals surface area contributed by atoms with Crippen molar-refractivity contribution in [2.75, 3.05) is 0 Å². The van der Waals surface area contributed by atoms with E-state index < -0.39 is 31.0 Å². The number of hydrogen-bond donors (Lipinski definition) is 3. The van der Waals surface area contributed by atoms with Crippen LogP contribution in [0.4, 0.5) is 31.1 Å². The average Bonchev–Trinajstić information content (AvgIpc) is 1.98. The zero-order chi connectivity index (χ0) is 12.8. The summed E-state index contributed by atoms with van der Waals surface area (Å²) in [5, 5.41) is 21.4. The second-order valence-electron chi connectivity index (χ2n) is 2.05. The number of rotatable bonds is 3. The molecule has 0 saturated heterocycles. The van der Waals surface area contributed by atoms with Crippen LogP contribution in [0, 0.1) is 0 Å². The highest BCUT2D eigenvalue weighted by Crippen LogP contribution is 2.25. The van der Waals surface area contributed by atoms with Gasteiger partial charge in [0, 0.05) is 0 Å². The van der Waals surface area contributed by atoms with Gasteiger partial charge in [-0.2, -0.15) is 8.78 Å². The van der Waals surface area contributed by atoms with Crippen molar-refractivity contribution in [2.45, 2.75) is 24.9 Å². The second-order valence-corrected chi connectivity index (χ2v) is 2.05. The zero-order valence-corrected chi connectivity index (χ0v) is 6.75. The molecule has 0 fully saturated rings. The van der Waals surface area contributed by atoms with Crippen LogP contribution in [0.3, 0.4) is 0 Å². The minimum absolute atomic E-state index is 1.83. The number of hydrogen-bond acceptors (Lipinski definition) is 2. The van der Waals surface area contributed by atoms with Gasteiger partial charge < -0.3 is 15.3 Å². The van der Waals surface area contributed by atoms with Gasteiger partial charge in [0.1, 0.15) is 0 Å². The SMILES string of the molecule is O=C(O)O.OC(F)(F)C(F)C(F)C(F)F. The van der Waals surface area contributed by atoms with Gasteiger partial charge in [0.25, 0.3) is 6.43 Å². The lowest BCUT2D eigenvalue weighted by Gasteiger charge is -2.16. The maximum absolute atomic E-state index is 11.7. The standard InChI is InChI=1S/C4H4F6O.CH2O3/c5-1(3(7)8)2(6)4(9,10)11;2-1(3)4/h1-3,11H;(H2,2,3,4). The lowest BCUT2D eigenvalue weighted by Crippen LogP contribution is -2.40. The Morgan fingerprint density at radius 2 is 1.33 bits per heavy atom. The highest BCUT2D eigenvalue weighted by molar-refractivity contribution is 5.53. The van der Waals surface area contributed by atoms with Crippen LogP contribution in [0.1, 0.15) is 0 Å². The molecule has 0 radical (unpaired) electrons. The van der Waals surface area contributed by atoms with E-state index in [2.05, 4.69) is 0 Å². The van der Waals surface area contributed by atoms with Crippen LogP contribution in [-0.4, -0.2) is 46.4 Å². The summed E-state index contributed by atoms with van der Waals surface area (Å²) in [5.74, 6) is 0. The summed E-state index contributed by atoms with van der Waals surface area (Å²) in [6.45, 7) is 0. The van der Waals surface area contributed by atoms with Crippen molar-refractivity contribution in [3.05, 3.63) is 0 Å². The molecule has 0 aliphatic rings. The quantitative estimate of drug-likeness (QED) is 0.660. The Kier molecular flexibility index (Phi) is 6.85. The normalized spacial score (nSPS) is 15.2. The van der Waals surface area contributed by atoms with E-state index in [4.69, 9.17) is 20.1 Å².